The molecule has 0 spiro atoms. The lowest BCUT2D eigenvalue weighted by molar-refractivity contribution is 0.248. The quantitative estimate of drug-likeness (QED) is 0.488. The number of furan rings is 1. The van der Waals surface area contributed by atoms with E-state index in [0.717, 1.165) is 5.56 Å². The van der Waals surface area contributed by atoms with E-state index < -0.39 is 0 Å². The molecule has 0 saturated carbocycles. The second kappa shape index (κ2) is 7.15. The van der Waals surface area contributed by atoms with Crippen molar-refractivity contribution in [3.8, 4) is 17.1 Å². The normalized spacial score (nSPS) is 11.7. The van der Waals surface area contributed by atoms with E-state index in [1.54, 1.807) is 18.2 Å². The van der Waals surface area contributed by atoms with Gasteiger partial charge in [0.1, 0.15) is 35.4 Å². The Morgan fingerprint density at radius 1 is 1.38 bits per heavy atom. The zero-order valence-corrected chi connectivity index (χ0v) is 12.4. The number of hydrogen-bond donors (Lipinski definition) is 2. The van der Waals surface area contributed by atoms with Gasteiger partial charge in [-0.05, 0) is 37.3 Å². The maximum atomic E-state index is 9.05. The van der Waals surface area contributed by atoms with E-state index in [2.05, 4.69) is 4.99 Å². The van der Waals surface area contributed by atoms with Gasteiger partial charge in [0.25, 0.3) is 0 Å². The van der Waals surface area contributed by atoms with Gasteiger partial charge in [-0.1, -0.05) is 0 Å². The molecule has 0 saturated heterocycles. The molecule has 2 rings (SSSR count). The van der Waals surface area contributed by atoms with Gasteiger partial charge in [0.15, 0.2) is 0 Å². The minimum Gasteiger partial charge on any atom is -0.492 e. The summed E-state index contributed by atoms with van der Waals surface area (Å²) in [7, 11) is 0. The van der Waals surface area contributed by atoms with Crippen LogP contribution in [0.5, 0.6) is 5.75 Å². The van der Waals surface area contributed by atoms with E-state index in [-0.39, 0.29) is 12.5 Å². The molecule has 0 aliphatic heterocycles. The topological polar surface area (TPSA) is 81.0 Å². The Labute approximate surface area is 128 Å². The fraction of sp³-hybridized carbons (Fsp3) is 0.267. The first-order valence-electron chi connectivity index (χ1n) is 6.53. The van der Waals surface area contributed by atoms with Crippen molar-refractivity contribution in [2.24, 2.45) is 10.7 Å². The average Bonchev–Trinajstić information content (AvgIpc) is 2.98. The van der Waals surface area contributed by atoms with Crippen molar-refractivity contribution in [1.29, 1.82) is 0 Å². The van der Waals surface area contributed by atoms with E-state index in [0.29, 0.717) is 35.4 Å². The number of aliphatic imine (C=N–C) groups is 1. The summed E-state index contributed by atoms with van der Waals surface area (Å²) >= 11 is 5.67. The largest absolute Gasteiger partial charge is 0.492 e. The maximum Gasteiger partial charge on any atom is 0.144 e. The number of benzene rings is 1. The summed E-state index contributed by atoms with van der Waals surface area (Å²) in [4.78, 5) is 4.26. The first kappa shape index (κ1) is 15.4. The van der Waals surface area contributed by atoms with Gasteiger partial charge in [-0.25, -0.2) is 4.99 Å². The number of rotatable bonds is 6. The molecule has 0 aliphatic carbocycles. The van der Waals surface area contributed by atoms with Crippen LogP contribution in [0.3, 0.4) is 0 Å². The highest BCUT2D eigenvalue weighted by Gasteiger charge is 2.09. The molecule has 0 fully saturated rings. The Morgan fingerprint density at radius 2 is 2.19 bits per heavy atom. The van der Waals surface area contributed by atoms with Crippen molar-refractivity contribution in [2.75, 3.05) is 12.5 Å². The number of aliphatic hydroxyl groups excluding tert-OH is 1. The summed E-state index contributed by atoms with van der Waals surface area (Å²) in [5, 5.41) is 9.05. The molecule has 2 aromatic rings. The highest BCUT2D eigenvalue weighted by atomic mass is 35.5. The molecule has 0 aliphatic rings. The van der Waals surface area contributed by atoms with Gasteiger partial charge in [-0.3, -0.25) is 0 Å². The van der Waals surface area contributed by atoms with E-state index in [9.17, 15) is 0 Å². The summed E-state index contributed by atoms with van der Waals surface area (Å²) in [6, 6.07) is 8.99. The molecule has 5 nitrogen and oxygen atoms in total. The van der Waals surface area contributed by atoms with E-state index >= 15 is 0 Å². The van der Waals surface area contributed by atoms with Crippen molar-refractivity contribution in [1.82, 2.24) is 0 Å². The SMILES string of the molecule is CCOc1ccc(-c2ccc(CO)o2)cc1N=C(N)CCl. The molecule has 0 bridgehead atoms. The second-order valence-electron chi connectivity index (χ2n) is 4.28. The minimum absolute atomic E-state index is 0.138. The molecule has 112 valence electrons. The van der Waals surface area contributed by atoms with E-state index in [4.69, 9.17) is 31.6 Å². The van der Waals surface area contributed by atoms with E-state index in [1.807, 2.05) is 19.1 Å². The third kappa shape index (κ3) is 3.77. The summed E-state index contributed by atoms with van der Waals surface area (Å²) < 4.78 is 11.0. The molecule has 0 radical (unpaired) electrons. The predicted octanol–water partition coefficient (Wildman–Crippen LogP) is 3.07. The highest BCUT2D eigenvalue weighted by Crippen LogP contribution is 2.33. The number of amidine groups is 1. The molecule has 0 unspecified atom stereocenters. The number of nitrogens with two attached hydrogens (primary N) is 1. The van der Waals surface area contributed by atoms with Crippen molar-refractivity contribution < 1.29 is 14.3 Å². The Bertz CT molecular complexity index is 638. The third-order valence-corrected chi connectivity index (χ3v) is 3.04. The molecule has 3 N–H and O–H groups in total. The van der Waals surface area contributed by atoms with Crippen LogP contribution in [0.25, 0.3) is 11.3 Å². The molecular formula is C15H17ClN2O3. The Hall–Kier alpha value is -1.98. The van der Waals surface area contributed by atoms with Crippen molar-refractivity contribution in [3.05, 3.63) is 36.1 Å². The number of alkyl halides is 1. The lowest BCUT2D eigenvalue weighted by Gasteiger charge is -2.09. The molecule has 1 heterocycles. The standard InChI is InChI=1S/C15H17ClN2O3/c1-2-20-14-5-3-10(7-12(14)18-15(17)8-16)13-6-4-11(9-19)21-13/h3-7,19H,2,8-9H2,1H3,(H2,17,18). The lowest BCUT2D eigenvalue weighted by Crippen LogP contribution is -2.12. The molecule has 1 aromatic carbocycles. The van der Waals surface area contributed by atoms with Crippen LogP contribution < -0.4 is 10.5 Å². The zero-order chi connectivity index (χ0) is 15.2. The summed E-state index contributed by atoms with van der Waals surface area (Å²) in [5.41, 5.74) is 7.10. The molecule has 0 amide bonds. The van der Waals surface area contributed by atoms with Gasteiger partial charge < -0.3 is 20.0 Å². The zero-order valence-electron chi connectivity index (χ0n) is 11.7. The van der Waals surface area contributed by atoms with Gasteiger partial charge in [0.2, 0.25) is 0 Å². The van der Waals surface area contributed by atoms with Crippen LogP contribution in [0.4, 0.5) is 5.69 Å². The lowest BCUT2D eigenvalue weighted by atomic mass is 10.1. The number of hydrogen-bond acceptors (Lipinski definition) is 4. The Balaban J connectivity index is 2.42. The summed E-state index contributed by atoms with van der Waals surface area (Å²) in [6.07, 6.45) is 0. The summed E-state index contributed by atoms with van der Waals surface area (Å²) in [6.45, 7) is 2.28. The van der Waals surface area contributed by atoms with Crippen LogP contribution in [0, 0.1) is 0 Å². The van der Waals surface area contributed by atoms with Crippen LogP contribution >= 0.6 is 11.6 Å². The maximum absolute atomic E-state index is 9.05. The minimum atomic E-state index is -0.138. The van der Waals surface area contributed by atoms with Crippen LogP contribution in [-0.2, 0) is 6.61 Å². The number of ether oxygens (including phenoxy) is 1. The highest BCUT2D eigenvalue weighted by molar-refractivity contribution is 6.28. The first-order valence-corrected chi connectivity index (χ1v) is 7.07. The van der Waals surface area contributed by atoms with Crippen LogP contribution in [0.1, 0.15) is 12.7 Å². The smallest absolute Gasteiger partial charge is 0.144 e. The van der Waals surface area contributed by atoms with Crippen LogP contribution in [0.2, 0.25) is 0 Å². The number of halogens is 1. The Kier molecular flexibility index (Phi) is 5.25. The van der Waals surface area contributed by atoms with Gasteiger partial charge in [-0.2, -0.15) is 0 Å². The average molecular weight is 309 g/mol. The van der Waals surface area contributed by atoms with Crippen molar-refractivity contribution in [3.63, 3.8) is 0 Å². The first-order chi connectivity index (χ1) is 10.2. The van der Waals surface area contributed by atoms with Gasteiger partial charge >= 0.3 is 0 Å². The molecule has 1 aromatic heterocycles. The van der Waals surface area contributed by atoms with Gasteiger partial charge in [0, 0.05) is 5.56 Å². The molecule has 6 heteroatoms. The number of nitrogens with zero attached hydrogens (tertiary/aromatic N) is 1. The van der Waals surface area contributed by atoms with Gasteiger partial charge in [-0.15, -0.1) is 11.6 Å². The van der Waals surface area contributed by atoms with Crippen molar-refractivity contribution in [2.45, 2.75) is 13.5 Å². The van der Waals surface area contributed by atoms with Gasteiger partial charge in [0.05, 0.1) is 12.5 Å². The monoisotopic (exact) mass is 308 g/mol. The predicted molar refractivity (Wildman–Crippen MR) is 83.2 cm³/mol. The fourth-order valence-corrected chi connectivity index (χ4v) is 1.90. The Morgan fingerprint density at radius 3 is 2.81 bits per heavy atom. The molecule has 0 atom stereocenters. The number of aliphatic hydroxyl groups is 1. The fourth-order valence-electron chi connectivity index (χ4n) is 1.84. The second-order valence-corrected chi connectivity index (χ2v) is 4.54. The molecular weight excluding hydrogens is 292 g/mol. The summed E-state index contributed by atoms with van der Waals surface area (Å²) in [5.74, 6) is 2.23. The molecule has 21 heavy (non-hydrogen) atoms. The van der Waals surface area contributed by atoms with E-state index in [1.165, 1.54) is 0 Å². The van der Waals surface area contributed by atoms with Crippen LogP contribution in [0.15, 0.2) is 39.7 Å². The van der Waals surface area contributed by atoms with Crippen molar-refractivity contribution >= 4 is 23.1 Å². The van der Waals surface area contributed by atoms with Crippen LogP contribution in [-0.4, -0.2) is 23.4 Å². The third-order valence-electron chi connectivity index (χ3n) is 2.76.